The molecule has 22 heavy (non-hydrogen) atoms. The quantitative estimate of drug-likeness (QED) is 0.882. The predicted octanol–water partition coefficient (Wildman–Crippen LogP) is 3.30. The Balaban J connectivity index is 2.05. The maximum absolute atomic E-state index is 13.5. The molecule has 0 aliphatic heterocycles. The molecule has 1 amide bonds. The fraction of sp³-hybridized carbons (Fsp3) is 0.125. The number of nitrogens with zero attached hydrogens (tertiary/aromatic N) is 1. The van der Waals surface area contributed by atoms with E-state index in [9.17, 15) is 9.18 Å². The summed E-state index contributed by atoms with van der Waals surface area (Å²) in [6, 6.07) is 12.4. The molecule has 2 aromatic rings. The first kappa shape index (κ1) is 15.9. The SMILES string of the molecule is CN(C)C(=S)Oc1ccc(C(=O)Nc2ccccc2F)cc1. The van der Waals surface area contributed by atoms with Gasteiger partial charge in [0.05, 0.1) is 5.69 Å². The van der Waals surface area contributed by atoms with E-state index in [4.69, 9.17) is 17.0 Å². The van der Waals surface area contributed by atoms with Gasteiger partial charge in [-0.3, -0.25) is 4.79 Å². The number of anilines is 1. The summed E-state index contributed by atoms with van der Waals surface area (Å²) in [6.45, 7) is 0. The third-order valence-electron chi connectivity index (χ3n) is 2.81. The number of thiocarbonyl (C=S) groups is 1. The van der Waals surface area contributed by atoms with Gasteiger partial charge in [0.25, 0.3) is 11.1 Å². The van der Waals surface area contributed by atoms with Crippen LogP contribution in [-0.2, 0) is 0 Å². The Kier molecular flexibility index (Phi) is 5.06. The molecule has 0 fully saturated rings. The van der Waals surface area contributed by atoms with Crippen LogP contribution in [0, 0.1) is 5.82 Å². The lowest BCUT2D eigenvalue weighted by molar-refractivity contribution is 0.102. The lowest BCUT2D eigenvalue weighted by Crippen LogP contribution is -2.25. The highest BCUT2D eigenvalue weighted by molar-refractivity contribution is 7.80. The van der Waals surface area contributed by atoms with Crippen LogP contribution in [0.1, 0.15) is 10.4 Å². The summed E-state index contributed by atoms with van der Waals surface area (Å²) < 4.78 is 18.9. The van der Waals surface area contributed by atoms with Crippen molar-refractivity contribution in [2.75, 3.05) is 19.4 Å². The number of hydrogen-bond donors (Lipinski definition) is 1. The third-order valence-corrected chi connectivity index (χ3v) is 3.26. The van der Waals surface area contributed by atoms with Crippen molar-refractivity contribution >= 4 is 29.0 Å². The van der Waals surface area contributed by atoms with Crippen LogP contribution in [0.2, 0.25) is 0 Å². The molecule has 6 heteroatoms. The molecular formula is C16H15FN2O2S. The number of halogens is 1. The van der Waals surface area contributed by atoms with Crippen LogP contribution < -0.4 is 10.1 Å². The van der Waals surface area contributed by atoms with Crippen LogP contribution in [0.3, 0.4) is 0 Å². The number of nitrogens with one attached hydrogen (secondary N) is 1. The minimum absolute atomic E-state index is 0.140. The number of para-hydroxylation sites is 1. The highest BCUT2D eigenvalue weighted by Crippen LogP contribution is 2.16. The van der Waals surface area contributed by atoms with E-state index in [1.54, 1.807) is 55.4 Å². The van der Waals surface area contributed by atoms with Gasteiger partial charge in [-0.2, -0.15) is 0 Å². The first-order valence-corrected chi connectivity index (χ1v) is 6.93. The van der Waals surface area contributed by atoms with E-state index < -0.39 is 11.7 Å². The maximum atomic E-state index is 13.5. The number of benzene rings is 2. The molecule has 0 saturated carbocycles. The Morgan fingerprint density at radius 1 is 1.14 bits per heavy atom. The second-order valence-electron chi connectivity index (χ2n) is 4.72. The van der Waals surface area contributed by atoms with Crippen molar-refractivity contribution in [1.29, 1.82) is 0 Å². The average molecular weight is 318 g/mol. The molecule has 2 aromatic carbocycles. The first-order valence-electron chi connectivity index (χ1n) is 6.52. The molecule has 0 heterocycles. The Morgan fingerprint density at radius 3 is 2.36 bits per heavy atom. The fourth-order valence-electron chi connectivity index (χ4n) is 1.62. The number of rotatable bonds is 3. The zero-order valence-electron chi connectivity index (χ0n) is 12.2. The van der Waals surface area contributed by atoms with Crippen molar-refractivity contribution in [1.82, 2.24) is 4.90 Å². The largest absolute Gasteiger partial charge is 0.432 e. The topological polar surface area (TPSA) is 41.6 Å². The average Bonchev–Trinajstić information content (AvgIpc) is 2.50. The second-order valence-corrected chi connectivity index (χ2v) is 5.07. The van der Waals surface area contributed by atoms with E-state index in [1.807, 2.05) is 0 Å². The van der Waals surface area contributed by atoms with Gasteiger partial charge in [-0.1, -0.05) is 12.1 Å². The van der Waals surface area contributed by atoms with Crippen LogP contribution >= 0.6 is 12.2 Å². The van der Waals surface area contributed by atoms with Crippen LogP contribution in [0.25, 0.3) is 0 Å². The lowest BCUT2D eigenvalue weighted by atomic mass is 10.2. The Morgan fingerprint density at radius 2 is 1.77 bits per heavy atom. The minimum Gasteiger partial charge on any atom is -0.432 e. The van der Waals surface area contributed by atoms with Gasteiger partial charge in [-0.15, -0.1) is 0 Å². The number of carbonyl (C=O) groups is 1. The normalized spacial score (nSPS) is 9.95. The fourth-order valence-corrected chi connectivity index (χ4v) is 1.72. The van der Waals surface area contributed by atoms with Gasteiger partial charge < -0.3 is 15.0 Å². The molecule has 0 saturated heterocycles. The van der Waals surface area contributed by atoms with E-state index in [0.717, 1.165) is 0 Å². The first-order chi connectivity index (χ1) is 10.5. The van der Waals surface area contributed by atoms with Gasteiger partial charge in [0.2, 0.25) is 0 Å². The molecule has 0 aliphatic carbocycles. The molecule has 4 nitrogen and oxygen atoms in total. The van der Waals surface area contributed by atoms with Crippen LogP contribution in [0.15, 0.2) is 48.5 Å². The molecule has 2 rings (SSSR count). The summed E-state index contributed by atoms with van der Waals surface area (Å²) >= 11 is 5.03. The maximum Gasteiger partial charge on any atom is 0.264 e. The van der Waals surface area contributed by atoms with Gasteiger partial charge in [-0.25, -0.2) is 4.39 Å². The summed E-state index contributed by atoms with van der Waals surface area (Å²) in [5, 5.41) is 2.84. The van der Waals surface area contributed by atoms with Crippen LogP contribution in [0.5, 0.6) is 5.75 Å². The number of amides is 1. The van der Waals surface area contributed by atoms with Crippen molar-refractivity contribution in [2.24, 2.45) is 0 Å². The summed E-state index contributed by atoms with van der Waals surface area (Å²) in [6.07, 6.45) is 0. The summed E-state index contributed by atoms with van der Waals surface area (Å²) in [5.74, 6) is -0.347. The van der Waals surface area contributed by atoms with Crippen LogP contribution in [-0.4, -0.2) is 30.1 Å². The minimum atomic E-state index is -0.480. The number of ether oxygens (including phenoxy) is 1. The zero-order valence-corrected chi connectivity index (χ0v) is 13.0. The lowest BCUT2D eigenvalue weighted by Gasteiger charge is -2.14. The number of hydrogen-bond acceptors (Lipinski definition) is 3. The Bertz CT molecular complexity index is 687. The number of carbonyl (C=O) groups excluding carboxylic acids is 1. The van der Waals surface area contributed by atoms with Crippen molar-refractivity contribution in [2.45, 2.75) is 0 Å². The predicted molar refractivity (Wildman–Crippen MR) is 87.7 cm³/mol. The molecule has 0 unspecified atom stereocenters. The molecule has 0 spiro atoms. The van der Waals surface area contributed by atoms with E-state index in [1.165, 1.54) is 12.1 Å². The zero-order chi connectivity index (χ0) is 16.1. The molecule has 0 bridgehead atoms. The van der Waals surface area contributed by atoms with Gasteiger partial charge in [0.1, 0.15) is 11.6 Å². The Hall–Kier alpha value is -2.47. The highest BCUT2D eigenvalue weighted by Gasteiger charge is 2.09. The smallest absolute Gasteiger partial charge is 0.264 e. The highest BCUT2D eigenvalue weighted by atomic mass is 32.1. The summed E-state index contributed by atoms with van der Waals surface area (Å²) in [4.78, 5) is 13.7. The van der Waals surface area contributed by atoms with E-state index >= 15 is 0 Å². The molecule has 0 aromatic heterocycles. The summed E-state index contributed by atoms with van der Waals surface area (Å²) in [7, 11) is 3.55. The van der Waals surface area contributed by atoms with Gasteiger partial charge >= 0.3 is 0 Å². The second kappa shape index (κ2) is 7.00. The van der Waals surface area contributed by atoms with Crippen LogP contribution in [0.4, 0.5) is 10.1 Å². The standard InChI is InChI=1S/C16H15FN2O2S/c1-19(2)16(22)21-12-9-7-11(8-10-12)15(20)18-14-6-4-3-5-13(14)17/h3-10H,1-2H3,(H,18,20). The molecular weight excluding hydrogens is 303 g/mol. The Labute approximate surface area is 133 Å². The molecule has 0 aliphatic rings. The molecule has 1 N–H and O–H groups in total. The third kappa shape index (κ3) is 4.02. The molecule has 0 radical (unpaired) electrons. The van der Waals surface area contributed by atoms with Crippen molar-refractivity contribution in [3.63, 3.8) is 0 Å². The van der Waals surface area contributed by atoms with E-state index in [0.29, 0.717) is 16.5 Å². The van der Waals surface area contributed by atoms with Gasteiger partial charge in [-0.05, 0) is 48.6 Å². The monoisotopic (exact) mass is 318 g/mol. The van der Waals surface area contributed by atoms with Crippen molar-refractivity contribution in [3.05, 3.63) is 59.9 Å². The summed E-state index contributed by atoms with van der Waals surface area (Å²) in [5.41, 5.74) is 0.535. The van der Waals surface area contributed by atoms with E-state index in [-0.39, 0.29) is 5.69 Å². The van der Waals surface area contributed by atoms with E-state index in [2.05, 4.69) is 5.32 Å². The molecule has 0 atom stereocenters. The van der Waals surface area contributed by atoms with Crippen molar-refractivity contribution in [3.8, 4) is 5.75 Å². The van der Waals surface area contributed by atoms with Gasteiger partial charge in [0, 0.05) is 19.7 Å². The van der Waals surface area contributed by atoms with Gasteiger partial charge in [0.15, 0.2) is 0 Å². The molecule has 114 valence electrons. The van der Waals surface area contributed by atoms with Crippen molar-refractivity contribution < 1.29 is 13.9 Å².